The first kappa shape index (κ1) is 15.7. The minimum atomic E-state index is -0.00419. The van der Waals surface area contributed by atoms with Crippen molar-refractivity contribution in [2.45, 2.75) is 24.6 Å². The summed E-state index contributed by atoms with van der Waals surface area (Å²) in [6, 6.07) is 7.69. The fourth-order valence-corrected chi connectivity index (χ4v) is 4.56. The summed E-state index contributed by atoms with van der Waals surface area (Å²) >= 11 is 7.89. The smallest absolute Gasteiger partial charge is 0.233 e. The molecular formula is C16H19ClN2O2S. The van der Waals surface area contributed by atoms with Gasteiger partial charge >= 0.3 is 0 Å². The van der Waals surface area contributed by atoms with Crippen molar-refractivity contribution in [3.8, 4) is 0 Å². The zero-order chi connectivity index (χ0) is 15.5. The molecule has 6 heteroatoms. The van der Waals surface area contributed by atoms with Gasteiger partial charge in [-0.25, -0.2) is 0 Å². The van der Waals surface area contributed by atoms with Gasteiger partial charge in [0.2, 0.25) is 11.8 Å². The number of hydrogen-bond acceptors (Lipinski definition) is 3. The maximum absolute atomic E-state index is 12.1. The lowest BCUT2D eigenvalue weighted by molar-refractivity contribution is -0.128. The number of carbonyl (C=O) groups excluding carboxylic acids is 2. The summed E-state index contributed by atoms with van der Waals surface area (Å²) in [6.45, 7) is 2.27. The lowest BCUT2D eigenvalue weighted by Crippen LogP contribution is -2.33. The number of amides is 2. The normalized spacial score (nSPS) is 22.0. The van der Waals surface area contributed by atoms with Crippen LogP contribution in [0.4, 0.5) is 0 Å². The van der Waals surface area contributed by atoms with Crippen LogP contribution in [0.15, 0.2) is 24.3 Å². The quantitative estimate of drug-likeness (QED) is 0.828. The third kappa shape index (κ3) is 3.25. The van der Waals surface area contributed by atoms with Crippen LogP contribution in [-0.2, 0) is 9.59 Å². The van der Waals surface area contributed by atoms with E-state index in [1.165, 1.54) is 0 Å². The maximum atomic E-state index is 12.1. The van der Waals surface area contributed by atoms with Gasteiger partial charge in [0, 0.05) is 36.6 Å². The Morgan fingerprint density at radius 1 is 1.18 bits per heavy atom. The molecule has 0 bridgehead atoms. The molecule has 1 atom stereocenters. The summed E-state index contributed by atoms with van der Waals surface area (Å²) in [6.07, 6.45) is 2.44. The molecule has 3 rings (SSSR count). The minimum absolute atomic E-state index is 0.00419. The van der Waals surface area contributed by atoms with Crippen molar-refractivity contribution in [1.82, 2.24) is 9.80 Å². The number of benzene rings is 1. The molecule has 2 amide bonds. The van der Waals surface area contributed by atoms with Gasteiger partial charge in [-0.1, -0.05) is 29.8 Å². The van der Waals surface area contributed by atoms with Crippen molar-refractivity contribution in [3.63, 3.8) is 0 Å². The number of rotatable bonds is 5. The van der Waals surface area contributed by atoms with Gasteiger partial charge in [-0.2, -0.15) is 0 Å². The zero-order valence-corrected chi connectivity index (χ0v) is 13.9. The predicted octanol–water partition coefficient (Wildman–Crippen LogP) is 2.93. The molecule has 2 fully saturated rings. The van der Waals surface area contributed by atoms with E-state index in [4.69, 9.17) is 11.6 Å². The molecule has 2 aliphatic heterocycles. The van der Waals surface area contributed by atoms with Crippen molar-refractivity contribution in [2.24, 2.45) is 0 Å². The minimum Gasteiger partial charge on any atom is -0.343 e. The van der Waals surface area contributed by atoms with Crippen LogP contribution in [0, 0.1) is 0 Å². The summed E-state index contributed by atoms with van der Waals surface area (Å²) in [5, 5.41) is 0.699. The predicted molar refractivity (Wildman–Crippen MR) is 88.8 cm³/mol. The Kier molecular flexibility index (Phi) is 4.93. The van der Waals surface area contributed by atoms with Gasteiger partial charge in [0.25, 0.3) is 0 Å². The summed E-state index contributed by atoms with van der Waals surface area (Å²) in [5.74, 6) is 0.894. The highest BCUT2D eigenvalue weighted by molar-refractivity contribution is 8.00. The zero-order valence-electron chi connectivity index (χ0n) is 12.3. The molecule has 0 saturated carbocycles. The van der Waals surface area contributed by atoms with E-state index in [0.717, 1.165) is 31.5 Å². The second-order valence-corrected chi connectivity index (χ2v) is 7.09. The Balaban J connectivity index is 1.62. The third-order valence-electron chi connectivity index (χ3n) is 4.14. The van der Waals surface area contributed by atoms with Crippen LogP contribution < -0.4 is 0 Å². The monoisotopic (exact) mass is 338 g/mol. The Morgan fingerprint density at radius 3 is 2.73 bits per heavy atom. The summed E-state index contributed by atoms with van der Waals surface area (Å²) in [7, 11) is 0. The summed E-state index contributed by atoms with van der Waals surface area (Å²) in [5.41, 5.74) is 0.997. The molecule has 0 aliphatic carbocycles. The molecular weight excluding hydrogens is 320 g/mol. The number of halogens is 1. The van der Waals surface area contributed by atoms with Crippen LogP contribution in [0.1, 0.15) is 30.2 Å². The summed E-state index contributed by atoms with van der Waals surface area (Å²) < 4.78 is 0. The van der Waals surface area contributed by atoms with Crippen LogP contribution in [0.2, 0.25) is 5.02 Å². The van der Waals surface area contributed by atoms with E-state index >= 15 is 0 Å². The van der Waals surface area contributed by atoms with Crippen molar-refractivity contribution in [3.05, 3.63) is 34.9 Å². The molecule has 2 aliphatic rings. The van der Waals surface area contributed by atoms with E-state index in [1.807, 2.05) is 34.1 Å². The molecule has 2 heterocycles. The van der Waals surface area contributed by atoms with E-state index < -0.39 is 0 Å². The highest BCUT2D eigenvalue weighted by atomic mass is 35.5. The van der Waals surface area contributed by atoms with Crippen molar-refractivity contribution in [1.29, 1.82) is 0 Å². The molecule has 1 unspecified atom stereocenters. The highest BCUT2D eigenvalue weighted by Gasteiger charge is 2.33. The Bertz CT molecular complexity index is 581. The first-order valence-electron chi connectivity index (χ1n) is 7.60. The SMILES string of the molecule is O=C1CCCN1CCCN1C(=O)CSC1c1ccccc1Cl. The standard InChI is InChI=1S/C16H19ClN2O2S/c17-13-6-2-1-5-12(13)16-19(15(21)11-22-16)10-4-9-18-8-3-7-14(18)20/h1-2,5-6,16H,3-4,7-11H2. The van der Waals surface area contributed by atoms with Crippen molar-refractivity contribution >= 4 is 35.2 Å². The summed E-state index contributed by atoms with van der Waals surface area (Å²) in [4.78, 5) is 27.6. The van der Waals surface area contributed by atoms with E-state index in [0.29, 0.717) is 23.7 Å². The van der Waals surface area contributed by atoms with Gasteiger partial charge in [-0.15, -0.1) is 11.8 Å². The fraction of sp³-hybridized carbons (Fsp3) is 0.500. The molecule has 0 N–H and O–H groups in total. The van der Waals surface area contributed by atoms with E-state index in [9.17, 15) is 9.59 Å². The van der Waals surface area contributed by atoms with Gasteiger partial charge in [-0.3, -0.25) is 9.59 Å². The fourth-order valence-electron chi connectivity index (χ4n) is 3.00. The Hall–Kier alpha value is -1.20. The van der Waals surface area contributed by atoms with Gasteiger partial charge in [0.15, 0.2) is 0 Å². The average molecular weight is 339 g/mol. The van der Waals surface area contributed by atoms with Crippen LogP contribution in [0.3, 0.4) is 0 Å². The highest BCUT2D eigenvalue weighted by Crippen LogP contribution is 2.41. The molecule has 0 aromatic heterocycles. The van der Waals surface area contributed by atoms with E-state index in [-0.39, 0.29) is 17.2 Å². The molecule has 0 radical (unpaired) electrons. The average Bonchev–Trinajstić information content (AvgIpc) is 3.07. The number of hydrogen-bond donors (Lipinski definition) is 0. The Labute approximate surface area is 139 Å². The first-order valence-corrected chi connectivity index (χ1v) is 9.03. The van der Waals surface area contributed by atoms with Crippen molar-refractivity contribution < 1.29 is 9.59 Å². The number of likely N-dealkylation sites (tertiary alicyclic amines) is 1. The van der Waals surface area contributed by atoms with Gasteiger partial charge in [0.1, 0.15) is 5.37 Å². The van der Waals surface area contributed by atoms with Gasteiger partial charge < -0.3 is 9.80 Å². The lowest BCUT2D eigenvalue weighted by Gasteiger charge is -2.26. The van der Waals surface area contributed by atoms with E-state index in [2.05, 4.69) is 0 Å². The molecule has 4 nitrogen and oxygen atoms in total. The van der Waals surface area contributed by atoms with Gasteiger partial charge in [0.05, 0.1) is 5.75 Å². The molecule has 2 saturated heterocycles. The molecule has 1 aromatic carbocycles. The molecule has 0 spiro atoms. The number of thioether (sulfide) groups is 1. The van der Waals surface area contributed by atoms with Gasteiger partial charge in [-0.05, 0) is 18.9 Å². The number of carbonyl (C=O) groups is 2. The molecule has 118 valence electrons. The van der Waals surface area contributed by atoms with Crippen LogP contribution in [-0.4, -0.2) is 47.0 Å². The second-order valence-electron chi connectivity index (χ2n) is 5.61. The van der Waals surface area contributed by atoms with Crippen LogP contribution in [0.25, 0.3) is 0 Å². The maximum Gasteiger partial charge on any atom is 0.233 e. The second kappa shape index (κ2) is 6.92. The molecule has 22 heavy (non-hydrogen) atoms. The van der Waals surface area contributed by atoms with Crippen LogP contribution >= 0.6 is 23.4 Å². The lowest BCUT2D eigenvalue weighted by atomic mass is 10.2. The van der Waals surface area contributed by atoms with Crippen LogP contribution in [0.5, 0.6) is 0 Å². The van der Waals surface area contributed by atoms with E-state index in [1.54, 1.807) is 11.8 Å². The molecule has 1 aromatic rings. The topological polar surface area (TPSA) is 40.6 Å². The van der Waals surface area contributed by atoms with Crippen molar-refractivity contribution in [2.75, 3.05) is 25.4 Å². The largest absolute Gasteiger partial charge is 0.343 e. The Morgan fingerprint density at radius 2 is 2.00 bits per heavy atom. The first-order chi connectivity index (χ1) is 10.7. The number of nitrogens with zero attached hydrogens (tertiary/aromatic N) is 2. The third-order valence-corrected chi connectivity index (χ3v) is 5.72.